The highest BCUT2D eigenvalue weighted by Gasteiger charge is 2.25. The van der Waals surface area contributed by atoms with Crippen molar-refractivity contribution in [2.24, 2.45) is 17.6 Å². The number of thiocarbonyl (C=S) groups is 1. The number of nitrogens with zero attached hydrogens (tertiary/aromatic N) is 1. The smallest absolute Gasteiger partial charge is 0.124 e. The predicted molar refractivity (Wildman–Crippen MR) is 79.7 cm³/mol. The second-order valence-corrected chi connectivity index (χ2v) is 5.85. The molecule has 4 heteroatoms. The van der Waals surface area contributed by atoms with Crippen molar-refractivity contribution in [1.29, 1.82) is 0 Å². The molecule has 0 spiro atoms. The molecule has 3 N–H and O–H groups in total. The number of hydrogen-bond acceptors (Lipinski definition) is 3. The van der Waals surface area contributed by atoms with Gasteiger partial charge in [-0.2, -0.15) is 0 Å². The van der Waals surface area contributed by atoms with Gasteiger partial charge in [-0.05, 0) is 43.2 Å². The minimum absolute atomic E-state index is 0.356. The van der Waals surface area contributed by atoms with Crippen LogP contribution in [0.3, 0.4) is 0 Å². The SMILES string of the molecule is CC1CCC(Nc2cccnc2C(N)=S)C(C)C1. The van der Waals surface area contributed by atoms with Crippen LogP contribution in [-0.4, -0.2) is 16.0 Å². The lowest BCUT2D eigenvalue weighted by Crippen LogP contribution is -2.33. The summed E-state index contributed by atoms with van der Waals surface area (Å²) in [5.74, 6) is 1.51. The number of aromatic nitrogens is 1. The topological polar surface area (TPSA) is 50.9 Å². The predicted octanol–water partition coefficient (Wildman–Crippen LogP) is 2.95. The third-order valence-corrected chi connectivity index (χ3v) is 4.01. The number of nitrogens with one attached hydrogen (secondary N) is 1. The largest absolute Gasteiger partial charge is 0.388 e. The summed E-state index contributed by atoms with van der Waals surface area (Å²) in [6.07, 6.45) is 5.49. The average Bonchev–Trinajstić information content (AvgIpc) is 2.33. The molecule has 18 heavy (non-hydrogen) atoms. The van der Waals surface area contributed by atoms with Gasteiger partial charge in [-0.25, -0.2) is 0 Å². The highest BCUT2D eigenvalue weighted by atomic mass is 32.1. The Bertz CT molecular complexity index is 433. The molecule has 3 nitrogen and oxygen atoms in total. The summed E-state index contributed by atoms with van der Waals surface area (Å²) in [5, 5.41) is 3.57. The van der Waals surface area contributed by atoms with Gasteiger partial charge in [-0.15, -0.1) is 0 Å². The standard InChI is InChI=1S/C14H21N3S/c1-9-5-6-11(10(2)8-9)17-12-4-3-7-16-13(12)14(15)18/h3-4,7,9-11,17H,5-6,8H2,1-2H3,(H2,15,18). The quantitative estimate of drug-likeness (QED) is 0.823. The van der Waals surface area contributed by atoms with Crippen LogP contribution in [0.5, 0.6) is 0 Å². The fraction of sp³-hybridized carbons (Fsp3) is 0.571. The molecule has 0 aromatic carbocycles. The fourth-order valence-corrected chi connectivity index (χ4v) is 2.96. The molecule has 0 amide bonds. The molecule has 1 fully saturated rings. The van der Waals surface area contributed by atoms with E-state index in [1.54, 1.807) is 6.20 Å². The van der Waals surface area contributed by atoms with E-state index in [2.05, 4.69) is 24.1 Å². The number of pyridine rings is 1. The maximum atomic E-state index is 5.71. The van der Waals surface area contributed by atoms with Crippen LogP contribution < -0.4 is 11.1 Å². The Balaban J connectivity index is 2.12. The number of rotatable bonds is 3. The van der Waals surface area contributed by atoms with E-state index in [9.17, 15) is 0 Å². The molecule has 0 bridgehead atoms. The highest BCUT2D eigenvalue weighted by Crippen LogP contribution is 2.31. The third kappa shape index (κ3) is 2.99. The van der Waals surface area contributed by atoms with Crippen LogP contribution in [0.1, 0.15) is 38.8 Å². The number of nitrogens with two attached hydrogens (primary N) is 1. The maximum Gasteiger partial charge on any atom is 0.124 e. The summed E-state index contributed by atoms with van der Waals surface area (Å²) in [4.78, 5) is 4.61. The van der Waals surface area contributed by atoms with Crippen molar-refractivity contribution in [3.8, 4) is 0 Å². The van der Waals surface area contributed by atoms with Gasteiger partial charge in [-0.3, -0.25) is 4.98 Å². The van der Waals surface area contributed by atoms with Gasteiger partial charge in [0.1, 0.15) is 10.7 Å². The van der Waals surface area contributed by atoms with Gasteiger partial charge in [0.15, 0.2) is 0 Å². The fourth-order valence-electron chi connectivity index (χ4n) is 2.80. The molecule has 0 aliphatic heterocycles. The van der Waals surface area contributed by atoms with E-state index in [-0.39, 0.29) is 0 Å². The molecule has 1 aliphatic carbocycles. The second kappa shape index (κ2) is 5.65. The summed E-state index contributed by atoms with van der Waals surface area (Å²) < 4.78 is 0. The van der Waals surface area contributed by atoms with Crippen molar-refractivity contribution in [2.45, 2.75) is 39.2 Å². The van der Waals surface area contributed by atoms with E-state index >= 15 is 0 Å². The van der Waals surface area contributed by atoms with Crippen LogP contribution in [0.4, 0.5) is 5.69 Å². The molecule has 2 rings (SSSR count). The summed E-state index contributed by atoms with van der Waals surface area (Å²) in [6, 6.07) is 4.42. The van der Waals surface area contributed by atoms with Crippen LogP contribution >= 0.6 is 12.2 Å². The van der Waals surface area contributed by atoms with Crippen molar-refractivity contribution >= 4 is 22.9 Å². The average molecular weight is 263 g/mol. The van der Waals surface area contributed by atoms with E-state index in [0.29, 0.717) is 22.6 Å². The second-order valence-electron chi connectivity index (χ2n) is 5.41. The molecule has 98 valence electrons. The summed E-state index contributed by atoms with van der Waals surface area (Å²) in [6.45, 7) is 4.64. The molecular weight excluding hydrogens is 242 g/mol. The Hall–Kier alpha value is -1.16. The molecule has 1 aliphatic rings. The minimum Gasteiger partial charge on any atom is -0.388 e. The Morgan fingerprint density at radius 3 is 2.89 bits per heavy atom. The molecule has 1 aromatic heterocycles. The van der Waals surface area contributed by atoms with Gasteiger partial charge in [0.05, 0.1) is 5.69 Å². The zero-order chi connectivity index (χ0) is 13.1. The first-order valence-electron chi connectivity index (χ1n) is 6.59. The molecule has 1 heterocycles. The van der Waals surface area contributed by atoms with Crippen molar-refractivity contribution < 1.29 is 0 Å². The van der Waals surface area contributed by atoms with Gasteiger partial charge >= 0.3 is 0 Å². The first-order valence-corrected chi connectivity index (χ1v) is 7.00. The summed E-state index contributed by atoms with van der Waals surface area (Å²) in [5.41, 5.74) is 7.38. The lowest BCUT2D eigenvalue weighted by Gasteiger charge is -2.34. The molecule has 0 saturated heterocycles. The minimum atomic E-state index is 0.356. The highest BCUT2D eigenvalue weighted by molar-refractivity contribution is 7.80. The van der Waals surface area contributed by atoms with Crippen LogP contribution in [-0.2, 0) is 0 Å². The molecule has 1 saturated carbocycles. The molecule has 3 unspecified atom stereocenters. The van der Waals surface area contributed by atoms with Crippen LogP contribution in [0.25, 0.3) is 0 Å². The molecule has 1 aromatic rings. The number of hydrogen-bond donors (Lipinski definition) is 2. The third-order valence-electron chi connectivity index (χ3n) is 3.81. The van der Waals surface area contributed by atoms with Crippen LogP contribution in [0, 0.1) is 11.8 Å². The summed E-state index contributed by atoms with van der Waals surface area (Å²) >= 11 is 5.04. The van der Waals surface area contributed by atoms with Crippen LogP contribution in [0.15, 0.2) is 18.3 Å². The Labute approximate surface area is 114 Å². The van der Waals surface area contributed by atoms with Crippen LogP contribution in [0.2, 0.25) is 0 Å². The monoisotopic (exact) mass is 263 g/mol. The Morgan fingerprint density at radius 2 is 2.22 bits per heavy atom. The normalized spacial score (nSPS) is 27.8. The molecule has 0 radical (unpaired) electrons. The Kier molecular flexibility index (Phi) is 4.17. The van der Waals surface area contributed by atoms with Gasteiger partial charge < -0.3 is 11.1 Å². The lowest BCUT2D eigenvalue weighted by atomic mass is 9.80. The Morgan fingerprint density at radius 1 is 1.44 bits per heavy atom. The van der Waals surface area contributed by atoms with E-state index in [0.717, 1.165) is 11.6 Å². The molecule has 3 atom stereocenters. The zero-order valence-corrected chi connectivity index (χ0v) is 11.8. The van der Waals surface area contributed by atoms with Crippen molar-refractivity contribution in [3.05, 3.63) is 24.0 Å². The summed E-state index contributed by atoms with van der Waals surface area (Å²) in [7, 11) is 0. The van der Waals surface area contributed by atoms with E-state index in [1.807, 2.05) is 12.1 Å². The van der Waals surface area contributed by atoms with E-state index < -0.39 is 0 Å². The number of anilines is 1. The van der Waals surface area contributed by atoms with Gasteiger partial charge in [0.2, 0.25) is 0 Å². The van der Waals surface area contributed by atoms with Gasteiger partial charge in [-0.1, -0.05) is 26.1 Å². The van der Waals surface area contributed by atoms with Crippen molar-refractivity contribution in [3.63, 3.8) is 0 Å². The van der Waals surface area contributed by atoms with E-state index in [4.69, 9.17) is 18.0 Å². The molecular formula is C14H21N3S. The van der Waals surface area contributed by atoms with Gasteiger partial charge in [0.25, 0.3) is 0 Å². The first kappa shape index (κ1) is 13.3. The van der Waals surface area contributed by atoms with Gasteiger partial charge in [0, 0.05) is 12.2 Å². The lowest BCUT2D eigenvalue weighted by molar-refractivity contribution is 0.276. The van der Waals surface area contributed by atoms with E-state index in [1.165, 1.54) is 19.3 Å². The van der Waals surface area contributed by atoms with Crippen molar-refractivity contribution in [2.75, 3.05) is 5.32 Å². The maximum absolute atomic E-state index is 5.71. The first-order chi connectivity index (χ1) is 8.58. The zero-order valence-electron chi connectivity index (χ0n) is 11.0. The van der Waals surface area contributed by atoms with Crippen molar-refractivity contribution in [1.82, 2.24) is 4.98 Å².